The first kappa shape index (κ1) is 13.7. The molecule has 1 amide bonds. The van der Waals surface area contributed by atoms with Gasteiger partial charge in [0.25, 0.3) is 0 Å². The Morgan fingerprint density at radius 1 is 1.23 bits per heavy atom. The average Bonchev–Trinajstić information content (AvgIpc) is 2.09. The molecule has 0 fully saturated rings. The number of unbranched alkanes of at least 4 members (excludes halogenated alkanes) is 4. The van der Waals surface area contributed by atoms with Crippen LogP contribution in [0, 0.1) is 0 Å². The molecule has 0 bridgehead atoms. The van der Waals surface area contributed by atoms with Gasteiger partial charge < -0.3 is 0 Å². The number of rotatable bonds is 9. The predicted molar refractivity (Wildman–Crippen MR) is 54.6 cm³/mol. The van der Waals surface area contributed by atoms with Crippen molar-refractivity contribution >= 4 is 15.7 Å². The van der Waals surface area contributed by atoms with Gasteiger partial charge in [-0.2, -0.15) is 0 Å². The second-order valence-corrected chi connectivity index (χ2v) is 6.97. The molecule has 0 heterocycles. The maximum absolute atomic E-state index is 10.6. The van der Waals surface area contributed by atoms with Gasteiger partial charge in [-0.15, -0.1) is 0 Å². The number of hydrogen-bond acceptors (Lipinski definition) is 2. The van der Waals surface area contributed by atoms with Crippen LogP contribution in [-0.2, 0) is 0 Å². The van der Waals surface area contributed by atoms with E-state index in [9.17, 15) is 4.79 Å². The summed E-state index contributed by atoms with van der Waals surface area (Å²) in [5, 5.41) is 0. The summed E-state index contributed by atoms with van der Waals surface area (Å²) < 4.78 is 1.34. The van der Waals surface area contributed by atoms with Crippen LogP contribution in [0.5, 0.6) is 0 Å². The molecule has 0 atom stereocenters. The molecule has 0 spiro atoms. The van der Waals surface area contributed by atoms with Crippen molar-refractivity contribution in [3.8, 4) is 0 Å². The Labute approximate surface area is 95.7 Å². The predicted octanol–water partition coefficient (Wildman–Crippen LogP) is -1.25. The summed E-state index contributed by atoms with van der Waals surface area (Å²) in [6, 6.07) is 0. The van der Waals surface area contributed by atoms with E-state index >= 15 is 0 Å². The molecular formula is C9H20INOS. The average molecular weight is 317 g/mol. The maximum atomic E-state index is 10.6. The fraction of sp³-hybridized carbons (Fsp3) is 0.889. The summed E-state index contributed by atoms with van der Waals surface area (Å²) in [7, 11) is 0. The standard InChI is InChI=1S/C9H19INOS/c1-13-8-6-4-2-3-5-7-10-9(11)12/h2-8H2,1H3,(H2,11,12)/q-1/p+1. The van der Waals surface area contributed by atoms with Crippen LogP contribution in [0.1, 0.15) is 32.1 Å². The molecule has 0 saturated carbocycles. The second kappa shape index (κ2) is 10.8. The third-order valence-electron chi connectivity index (χ3n) is 1.73. The molecule has 0 rings (SSSR count). The number of halogens is 1. The number of alkyl halides is 1. The molecule has 0 unspecified atom stereocenters. The van der Waals surface area contributed by atoms with Crippen molar-refractivity contribution in [2.75, 3.05) is 16.4 Å². The molecule has 0 aromatic heterocycles. The second-order valence-electron chi connectivity index (χ2n) is 2.94. The molecule has 0 aliphatic carbocycles. The Balaban J connectivity index is 2.87. The quantitative estimate of drug-likeness (QED) is 0.190. The van der Waals surface area contributed by atoms with Crippen molar-refractivity contribution in [1.82, 2.24) is 0 Å². The molecule has 13 heavy (non-hydrogen) atoms. The number of carbonyl (C=O) groups is 1. The normalized spacial score (nSPS) is 10.6. The van der Waals surface area contributed by atoms with E-state index in [0.29, 0.717) is 0 Å². The summed E-state index contributed by atoms with van der Waals surface area (Å²) >= 11 is 1.71. The van der Waals surface area contributed by atoms with Gasteiger partial charge >= 0.3 is 95.9 Å². The van der Waals surface area contributed by atoms with Gasteiger partial charge in [0.1, 0.15) is 0 Å². The molecule has 0 aliphatic heterocycles. The minimum atomic E-state index is -0.218. The van der Waals surface area contributed by atoms with Gasteiger partial charge in [0, 0.05) is 0 Å². The Morgan fingerprint density at radius 2 is 1.85 bits per heavy atom. The molecule has 0 radical (unpaired) electrons. The Morgan fingerprint density at radius 3 is 2.46 bits per heavy atom. The van der Waals surface area contributed by atoms with Gasteiger partial charge in [0.2, 0.25) is 0 Å². The van der Waals surface area contributed by atoms with E-state index in [2.05, 4.69) is 12.0 Å². The molecular weight excluding hydrogens is 297 g/mol. The van der Waals surface area contributed by atoms with Crippen LogP contribution in [0.25, 0.3) is 0 Å². The van der Waals surface area contributed by atoms with Crippen molar-refractivity contribution in [3.63, 3.8) is 0 Å². The third-order valence-corrected chi connectivity index (χ3v) is 4.58. The summed E-state index contributed by atoms with van der Waals surface area (Å²) in [4.78, 5) is 10.6. The summed E-state index contributed by atoms with van der Waals surface area (Å²) in [5.74, 6) is 1.30. The zero-order chi connectivity index (χ0) is 9.94. The van der Waals surface area contributed by atoms with Gasteiger partial charge in [0.15, 0.2) is 0 Å². The molecule has 0 aliphatic rings. The number of amides is 1. The van der Waals surface area contributed by atoms with Crippen molar-refractivity contribution in [3.05, 3.63) is 0 Å². The Bertz CT molecular complexity index is 133. The van der Waals surface area contributed by atoms with Gasteiger partial charge in [-0.1, -0.05) is 0 Å². The van der Waals surface area contributed by atoms with Crippen LogP contribution in [0.3, 0.4) is 0 Å². The number of quaternary nitrogens is 1. The zero-order valence-corrected chi connectivity index (χ0v) is 11.3. The van der Waals surface area contributed by atoms with Gasteiger partial charge in [-0.3, -0.25) is 0 Å². The SMILES string of the molecule is CSCCCCCCC[I-]C([NH3+])=O. The third kappa shape index (κ3) is 12.7. The van der Waals surface area contributed by atoms with E-state index < -0.39 is 0 Å². The Hall–Kier alpha value is 0.710. The van der Waals surface area contributed by atoms with E-state index in [-0.39, 0.29) is 25.1 Å². The molecule has 3 N–H and O–H groups in total. The molecule has 4 heteroatoms. The van der Waals surface area contributed by atoms with Gasteiger partial charge in [0.05, 0.1) is 0 Å². The van der Waals surface area contributed by atoms with Gasteiger partial charge in [-0.25, -0.2) is 0 Å². The molecule has 0 aromatic carbocycles. The monoisotopic (exact) mass is 317 g/mol. The molecule has 0 saturated heterocycles. The summed E-state index contributed by atoms with van der Waals surface area (Å²) in [5.41, 5.74) is 3.40. The molecule has 80 valence electrons. The van der Waals surface area contributed by atoms with Crippen molar-refractivity contribution in [1.29, 1.82) is 0 Å². The number of thioether (sulfide) groups is 1. The summed E-state index contributed by atoms with van der Waals surface area (Å²) in [6.45, 7) is 0. The Kier molecular flexibility index (Phi) is 11.4. The van der Waals surface area contributed by atoms with E-state index in [0.717, 1.165) is 4.43 Å². The number of hydrogen-bond donors (Lipinski definition) is 1. The van der Waals surface area contributed by atoms with E-state index in [1.165, 1.54) is 37.9 Å². The fourth-order valence-corrected chi connectivity index (χ4v) is 3.06. The van der Waals surface area contributed by atoms with Crippen LogP contribution in [0.4, 0.5) is 4.79 Å². The van der Waals surface area contributed by atoms with E-state index in [1.54, 1.807) is 0 Å². The van der Waals surface area contributed by atoms with Crippen LogP contribution in [-0.4, -0.2) is 20.4 Å². The van der Waals surface area contributed by atoms with Crippen molar-refractivity contribution in [2.24, 2.45) is 0 Å². The van der Waals surface area contributed by atoms with Crippen LogP contribution in [0.2, 0.25) is 0 Å². The van der Waals surface area contributed by atoms with E-state index in [4.69, 9.17) is 0 Å². The first-order chi connectivity index (χ1) is 6.27. The molecule has 0 aromatic rings. The van der Waals surface area contributed by atoms with Crippen LogP contribution >= 0.6 is 11.8 Å². The zero-order valence-electron chi connectivity index (χ0n) is 8.35. The van der Waals surface area contributed by atoms with E-state index in [1.807, 2.05) is 11.8 Å². The van der Waals surface area contributed by atoms with Crippen molar-refractivity contribution in [2.45, 2.75) is 32.1 Å². The topological polar surface area (TPSA) is 44.7 Å². The van der Waals surface area contributed by atoms with Crippen LogP contribution < -0.4 is 26.9 Å². The van der Waals surface area contributed by atoms with Crippen LogP contribution in [0.15, 0.2) is 0 Å². The minimum absolute atomic E-state index is 0.196. The molecule has 2 nitrogen and oxygen atoms in total. The first-order valence-corrected chi connectivity index (χ1v) is 8.71. The van der Waals surface area contributed by atoms with Gasteiger partial charge in [-0.05, 0) is 0 Å². The fourth-order valence-electron chi connectivity index (χ4n) is 1.04. The summed E-state index contributed by atoms with van der Waals surface area (Å²) in [6.07, 6.45) is 8.76. The van der Waals surface area contributed by atoms with Crippen molar-refractivity contribution < 1.29 is 31.7 Å². The number of carbonyl (C=O) groups excluding carboxylic acids is 1. The first-order valence-electron chi connectivity index (χ1n) is 4.71.